The molecule has 16 heavy (non-hydrogen) atoms. The van der Waals surface area contributed by atoms with Crippen molar-refractivity contribution < 1.29 is 9.50 Å². The number of aromatic hydroxyl groups is 1. The molecule has 0 aliphatic rings. The smallest absolute Gasteiger partial charge is 0.135 e. The maximum Gasteiger partial charge on any atom is 0.135 e. The molecule has 2 rings (SSSR count). The minimum atomic E-state index is -0.349. The van der Waals surface area contributed by atoms with E-state index < -0.39 is 0 Å². The van der Waals surface area contributed by atoms with Crippen LogP contribution in [0.2, 0.25) is 10.0 Å². The molecule has 0 atom stereocenters. The Morgan fingerprint density at radius 2 is 1.75 bits per heavy atom. The molecule has 0 saturated carbocycles. The largest absolute Gasteiger partial charge is 0.506 e. The fourth-order valence-corrected chi connectivity index (χ4v) is 1.84. The van der Waals surface area contributed by atoms with E-state index in [1.807, 2.05) is 0 Å². The van der Waals surface area contributed by atoms with E-state index in [1.165, 1.54) is 24.3 Å². The lowest BCUT2D eigenvalue weighted by Gasteiger charge is -2.06. The summed E-state index contributed by atoms with van der Waals surface area (Å²) in [5.74, 6) is -0.440. The topological polar surface area (TPSA) is 20.2 Å². The van der Waals surface area contributed by atoms with Gasteiger partial charge in [0.25, 0.3) is 0 Å². The van der Waals surface area contributed by atoms with Gasteiger partial charge in [-0.05, 0) is 23.8 Å². The molecular formula is C12H7Cl2FO. The number of rotatable bonds is 1. The van der Waals surface area contributed by atoms with Crippen LogP contribution in [0, 0.1) is 5.82 Å². The van der Waals surface area contributed by atoms with Gasteiger partial charge in [0.2, 0.25) is 0 Å². The third-order valence-corrected chi connectivity index (χ3v) is 2.79. The van der Waals surface area contributed by atoms with Crippen LogP contribution in [0.25, 0.3) is 11.1 Å². The number of benzene rings is 2. The molecule has 0 amide bonds. The fraction of sp³-hybridized carbons (Fsp3) is 0. The quantitative estimate of drug-likeness (QED) is 0.797. The Morgan fingerprint density at radius 3 is 2.44 bits per heavy atom. The Kier molecular flexibility index (Phi) is 3.03. The van der Waals surface area contributed by atoms with Crippen molar-refractivity contribution >= 4 is 23.2 Å². The summed E-state index contributed by atoms with van der Waals surface area (Å²) in [6.45, 7) is 0. The van der Waals surface area contributed by atoms with Gasteiger partial charge in [0, 0.05) is 11.6 Å². The summed E-state index contributed by atoms with van der Waals surface area (Å²) in [5, 5.41) is 9.85. The summed E-state index contributed by atoms with van der Waals surface area (Å²) in [4.78, 5) is 0. The zero-order valence-corrected chi connectivity index (χ0v) is 9.56. The summed E-state index contributed by atoms with van der Waals surface area (Å²) in [5.41, 5.74) is 1.20. The van der Waals surface area contributed by atoms with Crippen molar-refractivity contribution in [2.24, 2.45) is 0 Å². The Balaban J connectivity index is 2.60. The second-order valence-corrected chi connectivity index (χ2v) is 4.11. The Hall–Kier alpha value is -1.25. The van der Waals surface area contributed by atoms with Gasteiger partial charge < -0.3 is 5.11 Å². The molecule has 0 heterocycles. The minimum Gasteiger partial charge on any atom is -0.506 e. The molecule has 0 spiro atoms. The van der Waals surface area contributed by atoms with Gasteiger partial charge >= 0.3 is 0 Å². The summed E-state index contributed by atoms with van der Waals surface area (Å²) in [6, 6.07) is 8.85. The van der Waals surface area contributed by atoms with Crippen LogP contribution in [0.4, 0.5) is 4.39 Å². The number of phenols is 1. The maximum atomic E-state index is 13.0. The van der Waals surface area contributed by atoms with Gasteiger partial charge in [0.15, 0.2) is 0 Å². The van der Waals surface area contributed by atoms with Crippen LogP contribution in [-0.2, 0) is 0 Å². The molecule has 0 aliphatic carbocycles. The van der Waals surface area contributed by atoms with E-state index in [0.717, 1.165) is 0 Å². The first-order valence-corrected chi connectivity index (χ1v) is 5.27. The number of hydrogen-bond acceptors (Lipinski definition) is 1. The normalized spacial score (nSPS) is 10.4. The van der Waals surface area contributed by atoms with Crippen LogP contribution in [0.5, 0.6) is 5.75 Å². The van der Waals surface area contributed by atoms with Crippen molar-refractivity contribution in [3.63, 3.8) is 0 Å². The SMILES string of the molecule is Oc1cc(Cl)c(-c2cccc(F)c2)cc1Cl. The van der Waals surface area contributed by atoms with Gasteiger partial charge in [-0.15, -0.1) is 0 Å². The van der Waals surface area contributed by atoms with Crippen molar-refractivity contribution in [2.45, 2.75) is 0 Å². The molecule has 0 aromatic heterocycles. The van der Waals surface area contributed by atoms with E-state index in [2.05, 4.69) is 0 Å². The van der Waals surface area contributed by atoms with E-state index in [1.54, 1.807) is 12.1 Å². The molecular weight excluding hydrogens is 250 g/mol. The second-order valence-electron chi connectivity index (χ2n) is 3.29. The highest BCUT2D eigenvalue weighted by Crippen LogP contribution is 2.36. The van der Waals surface area contributed by atoms with Crippen molar-refractivity contribution in [3.8, 4) is 16.9 Å². The predicted octanol–water partition coefficient (Wildman–Crippen LogP) is 4.51. The first-order chi connectivity index (χ1) is 7.58. The van der Waals surface area contributed by atoms with Crippen LogP contribution in [0.15, 0.2) is 36.4 Å². The molecule has 0 aliphatic heterocycles. The zero-order chi connectivity index (χ0) is 11.7. The Morgan fingerprint density at radius 1 is 1.00 bits per heavy atom. The average molecular weight is 257 g/mol. The summed E-state index contributed by atoms with van der Waals surface area (Å²) < 4.78 is 13.0. The van der Waals surface area contributed by atoms with Crippen LogP contribution >= 0.6 is 23.2 Å². The van der Waals surface area contributed by atoms with Crippen molar-refractivity contribution in [1.82, 2.24) is 0 Å². The molecule has 4 heteroatoms. The van der Waals surface area contributed by atoms with Crippen LogP contribution < -0.4 is 0 Å². The van der Waals surface area contributed by atoms with Gasteiger partial charge in [-0.1, -0.05) is 35.3 Å². The third-order valence-electron chi connectivity index (χ3n) is 2.17. The minimum absolute atomic E-state index is 0.0909. The van der Waals surface area contributed by atoms with Gasteiger partial charge in [-0.3, -0.25) is 0 Å². The molecule has 0 saturated heterocycles. The summed E-state index contributed by atoms with van der Waals surface area (Å²) in [6.07, 6.45) is 0. The average Bonchev–Trinajstić information content (AvgIpc) is 2.23. The molecule has 1 N–H and O–H groups in total. The fourth-order valence-electron chi connectivity index (χ4n) is 1.41. The Bertz CT molecular complexity index is 541. The standard InChI is InChI=1S/C12H7Cl2FO/c13-10-6-12(16)11(14)5-9(10)7-2-1-3-8(15)4-7/h1-6,16H. The molecule has 2 aromatic carbocycles. The van der Waals surface area contributed by atoms with Gasteiger partial charge in [-0.2, -0.15) is 0 Å². The lowest BCUT2D eigenvalue weighted by Crippen LogP contribution is -1.82. The van der Waals surface area contributed by atoms with Crippen molar-refractivity contribution in [1.29, 1.82) is 0 Å². The van der Waals surface area contributed by atoms with Crippen LogP contribution in [0.1, 0.15) is 0 Å². The summed E-state index contributed by atoms with van der Waals surface area (Å²) in [7, 11) is 0. The zero-order valence-electron chi connectivity index (χ0n) is 8.05. The second kappa shape index (κ2) is 4.32. The highest BCUT2D eigenvalue weighted by Gasteiger charge is 2.08. The molecule has 82 valence electrons. The first kappa shape index (κ1) is 11.2. The highest BCUT2D eigenvalue weighted by atomic mass is 35.5. The lowest BCUT2D eigenvalue weighted by molar-refractivity contribution is 0.475. The molecule has 0 radical (unpaired) electrons. The van der Waals surface area contributed by atoms with E-state index in [0.29, 0.717) is 16.1 Å². The maximum absolute atomic E-state index is 13.0. The molecule has 1 nitrogen and oxygen atoms in total. The predicted molar refractivity (Wildman–Crippen MR) is 63.5 cm³/mol. The molecule has 0 bridgehead atoms. The van der Waals surface area contributed by atoms with Crippen molar-refractivity contribution in [2.75, 3.05) is 0 Å². The highest BCUT2D eigenvalue weighted by molar-refractivity contribution is 6.36. The summed E-state index contributed by atoms with van der Waals surface area (Å²) >= 11 is 11.7. The van der Waals surface area contributed by atoms with Gasteiger partial charge in [0.1, 0.15) is 11.6 Å². The number of halogens is 3. The van der Waals surface area contributed by atoms with E-state index in [-0.39, 0.29) is 16.6 Å². The third kappa shape index (κ3) is 2.13. The van der Waals surface area contributed by atoms with E-state index in [9.17, 15) is 9.50 Å². The molecule has 0 unspecified atom stereocenters. The van der Waals surface area contributed by atoms with E-state index >= 15 is 0 Å². The molecule has 0 fully saturated rings. The van der Waals surface area contributed by atoms with Gasteiger partial charge in [-0.25, -0.2) is 4.39 Å². The number of hydrogen-bond donors (Lipinski definition) is 1. The molecule has 2 aromatic rings. The van der Waals surface area contributed by atoms with Crippen LogP contribution in [0.3, 0.4) is 0 Å². The monoisotopic (exact) mass is 256 g/mol. The van der Waals surface area contributed by atoms with Crippen molar-refractivity contribution in [3.05, 3.63) is 52.3 Å². The van der Waals surface area contributed by atoms with E-state index in [4.69, 9.17) is 23.2 Å². The van der Waals surface area contributed by atoms with Crippen LogP contribution in [-0.4, -0.2) is 5.11 Å². The number of phenolic OH excluding ortho intramolecular Hbond substituents is 1. The Labute approximate surface area is 102 Å². The lowest BCUT2D eigenvalue weighted by atomic mass is 10.1. The first-order valence-electron chi connectivity index (χ1n) is 4.52. The van der Waals surface area contributed by atoms with Gasteiger partial charge in [0.05, 0.1) is 10.0 Å².